The molecule has 162 valence electrons. The number of nitrogens with zero attached hydrogens (tertiary/aromatic N) is 1. The average Bonchev–Trinajstić information content (AvgIpc) is 3.21. The van der Waals surface area contributed by atoms with Gasteiger partial charge in [-0.3, -0.25) is 4.90 Å². The Kier molecular flexibility index (Phi) is 7.52. The van der Waals surface area contributed by atoms with Crippen molar-refractivity contribution in [3.05, 3.63) is 29.6 Å². The monoisotopic (exact) mass is 407 g/mol. The zero-order chi connectivity index (χ0) is 20.9. The van der Waals surface area contributed by atoms with Gasteiger partial charge in [-0.15, -0.1) is 0 Å². The number of carbonyl (C=O) groups is 1. The van der Waals surface area contributed by atoms with Crippen LogP contribution in [0.4, 0.5) is 4.39 Å². The molecular formula is C23H34FNO4. The first kappa shape index (κ1) is 22.0. The van der Waals surface area contributed by atoms with E-state index in [1.165, 1.54) is 31.0 Å². The lowest BCUT2D eigenvalue weighted by molar-refractivity contribution is 0.0193. The molecule has 1 aliphatic carbocycles. The van der Waals surface area contributed by atoms with Gasteiger partial charge in [-0.1, -0.05) is 33.6 Å². The lowest BCUT2D eigenvalue weighted by atomic mass is 9.80. The summed E-state index contributed by atoms with van der Waals surface area (Å²) in [5.74, 6) is -0.337. The molecule has 6 heteroatoms. The highest BCUT2D eigenvalue weighted by molar-refractivity contribution is 5.89. The van der Waals surface area contributed by atoms with Crippen molar-refractivity contribution >= 4 is 5.97 Å². The minimum atomic E-state index is -0.448. The van der Waals surface area contributed by atoms with E-state index >= 15 is 0 Å². The van der Waals surface area contributed by atoms with E-state index in [4.69, 9.17) is 14.2 Å². The number of carbonyl (C=O) groups excluding carboxylic acids is 1. The Morgan fingerprint density at radius 1 is 1.24 bits per heavy atom. The van der Waals surface area contributed by atoms with Gasteiger partial charge in [0.15, 0.2) is 11.6 Å². The van der Waals surface area contributed by atoms with Gasteiger partial charge in [-0.05, 0) is 42.4 Å². The standard InChI is InChI=1S/C23H34FNO4/c1-23(2,3)21(17-6-4-5-7-17)29-20-16-18(8-9-19(20)24)22(26)28-15-12-25-10-13-27-14-11-25/h8-9,16-17,21H,4-7,10-15H2,1-3H3. The third-order valence-corrected chi connectivity index (χ3v) is 5.85. The second-order valence-electron chi connectivity index (χ2n) is 9.18. The normalized spacial score (nSPS) is 19.9. The predicted octanol–water partition coefficient (Wildman–Crippen LogP) is 4.30. The maximum Gasteiger partial charge on any atom is 0.338 e. The summed E-state index contributed by atoms with van der Waals surface area (Å²) in [6, 6.07) is 4.24. The molecule has 1 atom stereocenters. The first-order valence-electron chi connectivity index (χ1n) is 10.8. The molecule has 0 amide bonds. The fourth-order valence-electron chi connectivity index (χ4n) is 4.27. The zero-order valence-corrected chi connectivity index (χ0v) is 17.9. The summed E-state index contributed by atoms with van der Waals surface area (Å²) in [5, 5.41) is 0. The van der Waals surface area contributed by atoms with Crippen LogP contribution in [0.5, 0.6) is 5.75 Å². The SMILES string of the molecule is CC(C)(C)C(Oc1cc(C(=O)OCCN2CCOCC2)ccc1F)C1CCCC1. The molecule has 1 saturated heterocycles. The molecule has 3 rings (SSSR count). The lowest BCUT2D eigenvalue weighted by Crippen LogP contribution is -2.38. The Morgan fingerprint density at radius 2 is 1.93 bits per heavy atom. The fourth-order valence-corrected chi connectivity index (χ4v) is 4.27. The zero-order valence-electron chi connectivity index (χ0n) is 17.9. The van der Waals surface area contributed by atoms with Crippen LogP contribution in [-0.4, -0.2) is 56.4 Å². The van der Waals surface area contributed by atoms with Crippen molar-refractivity contribution in [3.63, 3.8) is 0 Å². The number of halogens is 1. The largest absolute Gasteiger partial charge is 0.486 e. The van der Waals surface area contributed by atoms with Crippen LogP contribution >= 0.6 is 0 Å². The Bertz CT molecular complexity index is 676. The van der Waals surface area contributed by atoms with E-state index in [1.807, 2.05) is 0 Å². The molecule has 5 nitrogen and oxygen atoms in total. The van der Waals surface area contributed by atoms with Crippen LogP contribution in [-0.2, 0) is 9.47 Å². The van der Waals surface area contributed by atoms with E-state index in [1.54, 1.807) is 0 Å². The molecule has 0 N–H and O–H groups in total. The number of ether oxygens (including phenoxy) is 3. The topological polar surface area (TPSA) is 48.0 Å². The first-order valence-corrected chi connectivity index (χ1v) is 10.8. The molecule has 0 bridgehead atoms. The molecule has 2 fully saturated rings. The van der Waals surface area contributed by atoms with Crippen LogP contribution in [0.1, 0.15) is 56.8 Å². The van der Waals surface area contributed by atoms with Gasteiger partial charge in [0.05, 0.1) is 18.8 Å². The molecule has 0 radical (unpaired) electrons. The molecule has 29 heavy (non-hydrogen) atoms. The summed E-state index contributed by atoms with van der Waals surface area (Å²) in [5.41, 5.74) is 0.207. The highest BCUT2D eigenvalue weighted by Gasteiger charge is 2.36. The van der Waals surface area contributed by atoms with Crippen LogP contribution in [0, 0.1) is 17.2 Å². The van der Waals surface area contributed by atoms with Crippen molar-refractivity contribution in [1.29, 1.82) is 0 Å². The highest BCUT2D eigenvalue weighted by Crippen LogP contribution is 2.39. The van der Waals surface area contributed by atoms with Crippen LogP contribution in [0.15, 0.2) is 18.2 Å². The van der Waals surface area contributed by atoms with Crippen molar-refractivity contribution in [2.45, 2.75) is 52.6 Å². The minimum Gasteiger partial charge on any atom is -0.486 e. The number of hydrogen-bond donors (Lipinski definition) is 0. The summed E-state index contributed by atoms with van der Waals surface area (Å²) in [4.78, 5) is 14.6. The fraction of sp³-hybridized carbons (Fsp3) is 0.696. The van der Waals surface area contributed by atoms with Crippen molar-refractivity contribution < 1.29 is 23.4 Å². The van der Waals surface area contributed by atoms with Gasteiger partial charge in [-0.2, -0.15) is 0 Å². The van der Waals surface area contributed by atoms with Gasteiger partial charge in [-0.25, -0.2) is 9.18 Å². The number of rotatable bonds is 7. The molecule has 1 unspecified atom stereocenters. The van der Waals surface area contributed by atoms with Crippen LogP contribution in [0.25, 0.3) is 0 Å². The van der Waals surface area contributed by atoms with E-state index in [2.05, 4.69) is 25.7 Å². The molecule has 0 spiro atoms. The Labute approximate surface area is 173 Å². The average molecular weight is 408 g/mol. The van der Waals surface area contributed by atoms with Crippen molar-refractivity contribution in [2.24, 2.45) is 11.3 Å². The lowest BCUT2D eigenvalue weighted by Gasteiger charge is -2.35. The van der Waals surface area contributed by atoms with Crippen molar-refractivity contribution in [2.75, 3.05) is 39.5 Å². The Hall–Kier alpha value is -1.66. The Morgan fingerprint density at radius 3 is 2.59 bits per heavy atom. The van der Waals surface area contributed by atoms with Crippen LogP contribution in [0.3, 0.4) is 0 Å². The second kappa shape index (κ2) is 9.90. The summed E-state index contributed by atoms with van der Waals surface area (Å²) in [7, 11) is 0. The van der Waals surface area contributed by atoms with Gasteiger partial charge < -0.3 is 14.2 Å². The summed E-state index contributed by atoms with van der Waals surface area (Å²) in [6.45, 7) is 10.5. The molecular weight excluding hydrogens is 373 g/mol. The predicted molar refractivity (Wildman–Crippen MR) is 110 cm³/mol. The van der Waals surface area contributed by atoms with Crippen molar-refractivity contribution in [3.8, 4) is 5.75 Å². The van der Waals surface area contributed by atoms with Gasteiger partial charge in [0, 0.05) is 19.6 Å². The molecule has 0 aromatic heterocycles. The molecule has 1 aromatic carbocycles. The Balaban J connectivity index is 1.62. The number of hydrogen-bond acceptors (Lipinski definition) is 5. The minimum absolute atomic E-state index is 0.0907. The summed E-state index contributed by atoms with van der Waals surface area (Å²) in [6.07, 6.45) is 4.50. The molecule has 1 aliphatic heterocycles. The second-order valence-corrected chi connectivity index (χ2v) is 9.18. The maximum atomic E-state index is 14.5. The van der Waals surface area contributed by atoms with E-state index in [0.29, 0.717) is 37.8 Å². The first-order chi connectivity index (χ1) is 13.8. The van der Waals surface area contributed by atoms with Crippen LogP contribution < -0.4 is 4.74 Å². The molecule has 1 saturated carbocycles. The summed E-state index contributed by atoms with van der Waals surface area (Å²) < 4.78 is 31.4. The van der Waals surface area contributed by atoms with Gasteiger partial charge in [0.1, 0.15) is 12.7 Å². The van der Waals surface area contributed by atoms with Crippen LogP contribution in [0.2, 0.25) is 0 Å². The van der Waals surface area contributed by atoms with Gasteiger partial charge >= 0.3 is 5.97 Å². The third-order valence-electron chi connectivity index (χ3n) is 5.85. The quantitative estimate of drug-likeness (QED) is 0.631. The van der Waals surface area contributed by atoms with E-state index in [0.717, 1.165) is 25.9 Å². The third kappa shape index (κ3) is 6.16. The van der Waals surface area contributed by atoms with E-state index in [-0.39, 0.29) is 17.3 Å². The number of benzene rings is 1. The molecule has 1 aromatic rings. The number of esters is 1. The number of morpholine rings is 1. The highest BCUT2D eigenvalue weighted by atomic mass is 19.1. The van der Waals surface area contributed by atoms with Gasteiger partial charge in [0.25, 0.3) is 0 Å². The summed E-state index contributed by atoms with van der Waals surface area (Å²) >= 11 is 0. The van der Waals surface area contributed by atoms with Gasteiger partial charge in [0.2, 0.25) is 0 Å². The molecule has 2 aliphatic rings. The van der Waals surface area contributed by atoms with Crippen molar-refractivity contribution in [1.82, 2.24) is 4.90 Å². The molecule has 1 heterocycles. The van der Waals surface area contributed by atoms with E-state index < -0.39 is 11.8 Å². The smallest absolute Gasteiger partial charge is 0.338 e. The van der Waals surface area contributed by atoms with E-state index in [9.17, 15) is 9.18 Å². The maximum absolute atomic E-state index is 14.5.